The average molecular weight is 287 g/mol. The van der Waals surface area contributed by atoms with E-state index in [1.54, 1.807) is 7.11 Å². The van der Waals surface area contributed by atoms with Gasteiger partial charge in [-0.2, -0.15) is 0 Å². The van der Waals surface area contributed by atoms with E-state index in [0.29, 0.717) is 12.8 Å². The normalized spacial score (nSPS) is 24.6. The van der Waals surface area contributed by atoms with Crippen molar-refractivity contribution in [3.63, 3.8) is 0 Å². The van der Waals surface area contributed by atoms with Gasteiger partial charge in [-0.25, -0.2) is 0 Å². The first-order valence-corrected chi connectivity index (χ1v) is 7.17. The third kappa shape index (κ3) is 4.51. The summed E-state index contributed by atoms with van der Waals surface area (Å²) in [5.41, 5.74) is -0.224. The van der Waals surface area contributed by atoms with Gasteiger partial charge >= 0.3 is 0 Å². The van der Waals surface area contributed by atoms with Gasteiger partial charge in [-0.15, -0.1) is 0 Å². The van der Waals surface area contributed by atoms with Gasteiger partial charge in [0.1, 0.15) is 11.4 Å². The average Bonchev–Trinajstić information content (AvgIpc) is 2.45. The molecule has 0 aliphatic heterocycles. The molecule has 2 rings (SSSR count). The quantitative estimate of drug-likeness (QED) is 0.816. The van der Waals surface area contributed by atoms with Crippen molar-refractivity contribution in [2.24, 2.45) is 0 Å². The van der Waals surface area contributed by atoms with Gasteiger partial charge in [0.05, 0.1) is 7.11 Å². The second kappa shape index (κ2) is 6.64. The van der Waals surface area contributed by atoms with Crippen LogP contribution in [0.4, 0.5) is 0 Å². The predicted molar refractivity (Wildman–Crippen MR) is 80.9 cm³/mol. The second-order valence-electron chi connectivity index (χ2n) is 5.51. The van der Waals surface area contributed by atoms with Crippen LogP contribution in [0.1, 0.15) is 38.2 Å². The van der Waals surface area contributed by atoms with Crippen LogP contribution in [-0.4, -0.2) is 29.8 Å². The first-order valence-electron chi connectivity index (χ1n) is 7.17. The van der Waals surface area contributed by atoms with E-state index in [-0.39, 0.29) is 11.9 Å². The van der Waals surface area contributed by atoms with E-state index in [0.717, 1.165) is 24.2 Å². The van der Waals surface area contributed by atoms with Crippen LogP contribution < -0.4 is 10.1 Å². The lowest BCUT2D eigenvalue weighted by atomic mass is 9.82. The molecule has 2 atom stereocenters. The van der Waals surface area contributed by atoms with Crippen molar-refractivity contribution in [2.45, 2.75) is 44.2 Å². The van der Waals surface area contributed by atoms with E-state index in [4.69, 9.17) is 4.74 Å². The summed E-state index contributed by atoms with van der Waals surface area (Å²) in [7, 11) is 1.61. The molecule has 1 aromatic carbocycles. The Morgan fingerprint density at radius 2 is 2.33 bits per heavy atom. The zero-order chi connectivity index (χ0) is 15.3. The third-order valence-corrected chi connectivity index (χ3v) is 3.64. The number of carbonyl (C=O) groups excluding carboxylic acids is 1. The maximum Gasteiger partial charge on any atom is 0.217 e. The largest absolute Gasteiger partial charge is 0.497 e. The molecule has 1 aliphatic carbocycles. The lowest BCUT2D eigenvalue weighted by Crippen LogP contribution is -2.44. The maximum atomic E-state index is 11.1. The number of rotatable bonds is 2. The Morgan fingerprint density at radius 3 is 3.05 bits per heavy atom. The minimum atomic E-state index is -1.03. The van der Waals surface area contributed by atoms with Crippen LogP contribution in [0.25, 0.3) is 0 Å². The standard InChI is InChI=1S/C17H21NO3/c1-13(19)18-15-6-4-9-17(20,12-15)10-8-14-5-3-7-16(11-14)21-2/h3,5,7,11,15,20H,4,6,9,12H2,1-2H3,(H,18,19). The molecule has 112 valence electrons. The van der Waals surface area contributed by atoms with Crippen molar-refractivity contribution in [2.75, 3.05) is 7.11 Å². The number of aliphatic hydroxyl groups is 1. The highest BCUT2D eigenvalue weighted by atomic mass is 16.5. The topological polar surface area (TPSA) is 58.6 Å². The number of amides is 1. The lowest BCUT2D eigenvalue weighted by molar-refractivity contribution is -0.120. The number of ether oxygens (including phenoxy) is 1. The molecule has 0 saturated heterocycles. The molecule has 1 amide bonds. The van der Waals surface area contributed by atoms with Crippen LogP contribution in [0.3, 0.4) is 0 Å². The van der Waals surface area contributed by atoms with E-state index < -0.39 is 5.60 Å². The molecule has 1 fully saturated rings. The van der Waals surface area contributed by atoms with E-state index in [1.165, 1.54) is 6.92 Å². The fourth-order valence-corrected chi connectivity index (χ4v) is 2.67. The molecular formula is C17H21NO3. The zero-order valence-electron chi connectivity index (χ0n) is 12.5. The highest BCUT2D eigenvalue weighted by Gasteiger charge is 2.33. The predicted octanol–water partition coefficient (Wildman–Crippen LogP) is 1.86. The Kier molecular flexibility index (Phi) is 4.87. The second-order valence-corrected chi connectivity index (χ2v) is 5.51. The number of hydrogen-bond acceptors (Lipinski definition) is 3. The summed E-state index contributed by atoms with van der Waals surface area (Å²) < 4.78 is 5.15. The zero-order valence-corrected chi connectivity index (χ0v) is 12.5. The molecule has 21 heavy (non-hydrogen) atoms. The molecule has 1 aromatic rings. The Hall–Kier alpha value is -1.99. The first kappa shape index (κ1) is 15.4. The van der Waals surface area contributed by atoms with Crippen molar-refractivity contribution >= 4 is 5.91 Å². The number of nitrogens with one attached hydrogen (secondary N) is 1. The van der Waals surface area contributed by atoms with Gasteiger partial charge in [-0.1, -0.05) is 17.9 Å². The summed E-state index contributed by atoms with van der Waals surface area (Å²) in [4.78, 5) is 11.1. The Bertz CT molecular complexity index is 573. The van der Waals surface area contributed by atoms with Crippen LogP contribution in [0.2, 0.25) is 0 Å². The highest BCUT2D eigenvalue weighted by molar-refractivity contribution is 5.73. The number of methoxy groups -OCH3 is 1. The smallest absolute Gasteiger partial charge is 0.217 e. The molecule has 1 aliphatic rings. The summed E-state index contributed by atoms with van der Waals surface area (Å²) in [5.74, 6) is 6.66. The van der Waals surface area contributed by atoms with E-state index in [9.17, 15) is 9.90 Å². The van der Waals surface area contributed by atoms with Crippen LogP contribution in [0, 0.1) is 11.8 Å². The Labute approximate surface area is 125 Å². The number of hydrogen-bond donors (Lipinski definition) is 2. The summed E-state index contributed by atoms with van der Waals surface area (Å²) in [6, 6.07) is 7.44. The van der Waals surface area contributed by atoms with Crippen LogP contribution in [0.15, 0.2) is 24.3 Å². The van der Waals surface area contributed by atoms with E-state index in [1.807, 2.05) is 24.3 Å². The molecule has 4 heteroatoms. The van der Waals surface area contributed by atoms with E-state index >= 15 is 0 Å². The Balaban J connectivity index is 2.10. The highest BCUT2D eigenvalue weighted by Crippen LogP contribution is 2.28. The molecule has 2 N–H and O–H groups in total. The first-order chi connectivity index (χ1) is 10.0. The fourth-order valence-electron chi connectivity index (χ4n) is 2.67. The number of carbonyl (C=O) groups is 1. The van der Waals surface area contributed by atoms with Crippen molar-refractivity contribution < 1.29 is 14.6 Å². The molecule has 0 spiro atoms. The van der Waals surface area contributed by atoms with Crippen molar-refractivity contribution in [3.8, 4) is 17.6 Å². The van der Waals surface area contributed by atoms with Gasteiger partial charge < -0.3 is 15.2 Å². The lowest BCUT2D eigenvalue weighted by Gasteiger charge is -2.33. The summed E-state index contributed by atoms with van der Waals surface area (Å²) in [5, 5.41) is 13.5. The van der Waals surface area contributed by atoms with Crippen LogP contribution in [-0.2, 0) is 4.79 Å². The minimum absolute atomic E-state index is 0.000796. The third-order valence-electron chi connectivity index (χ3n) is 3.64. The van der Waals surface area contributed by atoms with Crippen LogP contribution >= 0.6 is 0 Å². The summed E-state index contributed by atoms with van der Waals surface area (Å²) >= 11 is 0. The van der Waals surface area contributed by atoms with Gasteiger partial charge in [0, 0.05) is 24.9 Å². The molecule has 2 unspecified atom stereocenters. The molecule has 0 radical (unpaired) electrons. The van der Waals surface area contributed by atoms with Gasteiger partial charge in [0.25, 0.3) is 0 Å². The van der Waals surface area contributed by atoms with Crippen LogP contribution in [0.5, 0.6) is 5.75 Å². The van der Waals surface area contributed by atoms with Crippen molar-refractivity contribution in [1.82, 2.24) is 5.32 Å². The van der Waals surface area contributed by atoms with Gasteiger partial charge in [0.15, 0.2) is 0 Å². The van der Waals surface area contributed by atoms with E-state index in [2.05, 4.69) is 17.2 Å². The molecule has 0 bridgehead atoms. The molecular weight excluding hydrogens is 266 g/mol. The summed E-state index contributed by atoms with van der Waals surface area (Å²) in [6.07, 6.45) is 2.86. The SMILES string of the molecule is COc1cccc(C#CC2(O)CCCC(NC(C)=O)C2)c1. The molecule has 0 aromatic heterocycles. The Morgan fingerprint density at radius 1 is 1.52 bits per heavy atom. The van der Waals surface area contributed by atoms with Gasteiger partial charge in [-0.3, -0.25) is 4.79 Å². The fraction of sp³-hybridized carbons (Fsp3) is 0.471. The van der Waals surface area contributed by atoms with Crippen molar-refractivity contribution in [1.29, 1.82) is 0 Å². The maximum absolute atomic E-state index is 11.1. The monoisotopic (exact) mass is 287 g/mol. The minimum Gasteiger partial charge on any atom is -0.497 e. The van der Waals surface area contributed by atoms with Crippen molar-refractivity contribution in [3.05, 3.63) is 29.8 Å². The number of benzene rings is 1. The van der Waals surface area contributed by atoms with Gasteiger partial charge in [-0.05, 0) is 37.5 Å². The molecule has 0 heterocycles. The molecule has 1 saturated carbocycles. The summed E-state index contributed by atoms with van der Waals surface area (Å²) in [6.45, 7) is 1.50. The molecule has 4 nitrogen and oxygen atoms in total. The van der Waals surface area contributed by atoms with Gasteiger partial charge in [0.2, 0.25) is 5.91 Å².